The van der Waals surface area contributed by atoms with Crippen molar-refractivity contribution in [3.63, 3.8) is 0 Å². The first kappa shape index (κ1) is 10.5. The van der Waals surface area contributed by atoms with Crippen molar-refractivity contribution in [1.82, 2.24) is 0 Å². The predicted octanol–water partition coefficient (Wildman–Crippen LogP) is 2.00. The SMILES string of the molecule is COc1cccc2c1CC(C(C)CN)C2. The van der Waals surface area contributed by atoms with Crippen LogP contribution in [0.5, 0.6) is 5.75 Å². The molecule has 0 saturated heterocycles. The van der Waals surface area contributed by atoms with Gasteiger partial charge in [0.2, 0.25) is 0 Å². The molecule has 0 aliphatic heterocycles. The molecule has 2 atom stereocenters. The smallest absolute Gasteiger partial charge is 0.122 e. The molecule has 0 aromatic heterocycles. The average Bonchev–Trinajstić information content (AvgIpc) is 2.71. The van der Waals surface area contributed by atoms with Crippen LogP contribution in [0.3, 0.4) is 0 Å². The second-order valence-corrected chi connectivity index (χ2v) is 4.48. The molecule has 82 valence electrons. The van der Waals surface area contributed by atoms with Crippen LogP contribution in [0.1, 0.15) is 18.1 Å². The van der Waals surface area contributed by atoms with Gasteiger partial charge in [-0.2, -0.15) is 0 Å². The summed E-state index contributed by atoms with van der Waals surface area (Å²) >= 11 is 0. The van der Waals surface area contributed by atoms with E-state index in [1.54, 1.807) is 7.11 Å². The Morgan fingerprint density at radius 3 is 2.93 bits per heavy atom. The lowest BCUT2D eigenvalue weighted by atomic mass is 9.91. The predicted molar refractivity (Wildman–Crippen MR) is 62.1 cm³/mol. The number of ether oxygens (including phenoxy) is 1. The molecule has 0 radical (unpaired) electrons. The van der Waals surface area contributed by atoms with Gasteiger partial charge in [-0.05, 0) is 48.4 Å². The summed E-state index contributed by atoms with van der Waals surface area (Å²) in [4.78, 5) is 0. The quantitative estimate of drug-likeness (QED) is 0.819. The molecule has 2 unspecified atom stereocenters. The second-order valence-electron chi connectivity index (χ2n) is 4.48. The summed E-state index contributed by atoms with van der Waals surface area (Å²) in [5.41, 5.74) is 8.56. The molecule has 0 heterocycles. The normalized spacial score (nSPS) is 21.1. The van der Waals surface area contributed by atoms with Crippen LogP contribution in [-0.4, -0.2) is 13.7 Å². The van der Waals surface area contributed by atoms with Crippen LogP contribution in [-0.2, 0) is 12.8 Å². The summed E-state index contributed by atoms with van der Waals surface area (Å²) in [6.07, 6.45) is 2.28. The van der Waals surface area contributed by atoms with Crippen molar-refractivity contribution in [2.24, 2.45) is 17.6 Å². The topological polar surface area (TPSA) is 35.2 Å². The fourth-order valence-electron chi connectivity index (χ4n) is 2.44. The number of hydrogen-bond acceptors (Lipinski definition) is 2. The van der Waals surface area contributed by atoms with Gasteiger partial charge in [0, 0.05) is 0 Å². The first-order valence-electron chi connectivity index (χ1n) is 5.61. The fraction of sp³-hybridized carbons (Fsp3) is 0.538. The molecular weight excluding hydrogens is 186 g/mol. The van der Waals surface area contributed by atoms with E-state index in [-0.39, 0.29) is 0 Å². The minimum Gasteiger partial charge on any atom is -0.496 e. The molecule has 2 N–H and O–H groups in total. The molecule has 0 bridgehead atoms. The van der Waals surface area contributed by atoms with E-state index in [4.69, 9.17) is 10.5 Å². The second kappa shape index (κ2) is 4.23. The highest BCUT2D eigenvalue weighted by Gasteiger charge is 2.27. The van der Waals surface area contributed by atoms with E-state index in [2.05, 4.69) is 19.1 Å². The molecule has 0 amide bonds. The van der Waals surface area contributed by atoms with Gasteiger partial charge in [-0.3, -0.25) is 0 Å². The Morgan fingerprint density at radius 1 is 1.47 bits per heavy atom. The molecule has 15 heavy (non-hydrogen) atoms. The number of fused-ring (bicyclic) bond motifs is 1. The van der Waals surface area contributed by atoms with Crippen LogP contribution in [0.25, 0.3) is 0 Å². The van der Waals surface area contributed by atoms with Crippen LogP contribution >= 0.6 is 0 Å². The summed E-state index contributed by atoms with van der Waals surface area (Å²) in [6, 6.07) is 6.34. The van der Waals surface area contributed by atoms with Crippen molar-refractivity contribution < 1.29 is 4.74 Å². The van der Waals surface area contributed by atoms with E-state index in [0.717, 1.165) is 25.1 Å². The number of rotatable bonds is 3. The molecule has 2 rings (SSSR count). The Balaban J connectivity index is 2.23. The Hall–Kier alpha value is -1.02. The Morgan fingerprint density at radius 2 is 2.27 bits per heavy atom. The fourth-order valence-corrected chi connectivity index (χ4v) is 2.44. The van der Waals surface area contributed by atoms with Crippen molar-refractivity contribution in [3.8, 4) is 5.75 Å². The minimum absolute atomic E-state index is 0.599. The third kappa shape index (κ3) is 1.86. The maximum atomic E-state index is 5.73. The van der Waals surface area contributed by atoms with Gasteiger partial charge in [0.05, 0.1) is 7.11 Å². The number of nitrogens with two attached hydrogens (primary N) is 1. The van der Waals surface area contributed by atoms with Crippen molar-refractivity contribution in [2.45, 2.75) is 19.8 Å². The molecule has 0 spiro atoms. The lowest BCUT2D eigenvalue weighted by molar-refractivity contribution is 0.374. The number of methoxy groups -OCH3 is 1. The van der Waals surface area contributed by atoms with Crippen molar-refractivity contribution in [1.29, 1.82) is 0 Å². The van der Waals surface area contributed by atoms with E-state index in [9.17, 15) is 0 Å². The highest BCUT2D eigenvalue weighted by atomic mass is 16.5. The summed E-state index contributed by atoms with van der Waals surface area (Å²) < 4.78 is 5.39. The monoisotopic (exact) mass is 205 g/mol. The highest BCUT2D eigenvalue weighted by Crippen LogP contribution is 2.36. The molecular formula is C13H19NO. The van der Waals surface area contributed by atoms with E-state index in [1.807, 2.05) is 6.07 Å². The minimum atomic E-state index is 0.599. The van der Waals surface area contributed by atoms with Gasteiger partial charge < -0.3 is 10.5 Å². The molecule has 2 nitrogen and oxygen atoms in total. The summed E-state index contributed by atoms with van der Waals surface area (Å²) in [7, 11) is 1.75. The lowest BCUT2D eigenvalue weighted by Crippen LogP contribution is -2.20. The van der Waals surface area contributed by atoms with E-state index < -0.39 is 0 Å². The first-order chi connectivity index (χ1) is 7.26. The maximum absolute atomic E-state index is 5.73. The van der Waals surface area contributed by atoms with E-state index >= 15 is 0 Å². The Bertz CT molecular complexity index is 348. The lowest BCUT2D eigenvalue weighted by Gasteiger charge is -2.16. The molecule has 1 aliphatic rings. The maximum Gasteiger partial charge on any atom is 0.122 e. The Kier molecular flexibility index (Phi) is 2.96. The van der Waals surface area contributed by atoms with Crippen LogP contribution in [0.15, 0.2) is 18.2 Å². The summed E-state index contributed by atoms with van der Waals surface area (Å²) in [5, 5.41) is 0. The molecule has 1 aliphatic carbocycles. The van der Waals surface area contributed by atoms with Crippen molar-refractivity contribution >= 4 is 0 Å². The molecule has 1 aromatic rings. The number of hydrogen-bond donors (Lipinski definition) is 1. The van der Waals surface area contributed by atoms with Gasteiger partial charge in [-0.25, -0.2) is 0 Å². The van der Waals surface area contributed by atoms with Gasteiger partial charge in [-0.1, -0.05) is 19.1 Å². The number of benzene rings is 1. The Labute approximate surface area is 91.4 Å². The highest BCUT2D eigenvalue weighted by molar-refractivity contribution is 5.43. The summed E-state index contributed by atoms with van der Waals surface area (Å²) in [6.45, 7) is 3.02. The zero-order valence-electron chi connectivity index (χ0n) is 9.49. The summed E-state index contributed by atoms with van der Waals surface area (Å²) in [5.74, 6) is 2.34. The zero-order chi connectivity index (χ0) is 10.8. The molecule has 2 heteroatoms. The van der Waals surface area contributed by atoms with Crippen LogP contribution in [0.2, 0.25) is 0 Å². The third-order valence-electron chi connectivity index (χ3n) is 3.57. The van der Waals surface area contributed by atoms with E-state index in [1.165, 1.54) is 11.1 Å². The van der Waals surface area contributed by atoms with E-state index in [0.29, 0.717) is 11.8 Å². The average molecular weight is 205 g/mol. The van der Waals surface area contributed by atoms with Crippen LogP contribution in [0, 0.1) is 11.8 Å². The van der Waals surface area contributed by atoms with Gasteiger partial charge in [0.1, 0.15) is 5.75 Å². The van der Waals surface area contributed by atoms with Crippen LogP contribution < -0.4 is 10.5 Å². The van der Waals surface area contributed by atoms with Gasteiger partial charge in [0.15, 0.2) is 0 Å². The standard InChI is InChI=1S/C13H19NO/c1-9(8-14)11-6-10-4-3-5-13(15-2)12(10)7-11/h3-5,9,11H,6-8,14H2,1-2H3. The van der Waals surface area contributed by atoms with Crippen molar-refractivity contribution in [2.75, 3.05) is 13.7 Å². The molecule has 1 aromatic carbocycles. The largest absolute Gasteiger partial charge is 0.496 e. The van der Waals surface area contributed by atoms with Crippen LogP contribution in [0.4, 0.5) is 0 Å². The zero-order valence-corrected chi connectivity index (χ0v) is 9.49. The van der Waals surface area contributed by atoms with Crippen molar-refractivity contribution in [3.05, 3.63) is 29.3 Å². The van der Waals surface area contributed by atoms with Gasteiger partial charge >= 0.3 is 0 Å². The molecule has 0 fully saturated rings. The molecule has 0 saturated carbocycles. The third-order valence-corrected chi connectivity index (χ3v) is 3.57. The first-order valence-corrected chi connectivity index (χ1v) is 5.61. The van der Waals surface area contributed by atoms with Gasteiger partial charge in [-0.15, -0.1) is 0 Å². The van der Waals surface area contributed by atoms with Gasteiger partial charge in [0.25, 0.3) is 0 Å².